The monoisotopic (exact) mass is 425 g/mol. The number of rotatable bonds is 5. The van der Waals surface area contributed by atoms with Crippen molar-refractivity contribution in [3.63, 3.8) is 0 Å². The van der Waals surface area contributed by atoms with Gasteiger partial charge in [-0.15, -0.1) is 10.2 Å². The Kier molecular flexibility index (Phi) is 4.13. The zero-order valence-electron chi connectivity index (χ0n) is 19.0. The van der Waals surface area contributed by atoms with Crippen LogP contribution in [0.3, 0.4) is 0 Å². The lowest BCUT2D eigenvalue weighted by Gasteiger charge is -2.72. The van der Waals surface area contributed by atoms with Crippen molar-refractivity contribution >= 4 is 11.8 Å². The molecule has 0 amide bonds. The van der Waals surface area contributed by atoms with Gasteiger partial charge in [0.2, 0.25) is 0 Å². The Morgan fingerprint density at radius 1 is 0.767 bits per heavy atom. The molecule has 1 aromatic heterocycles. The van der Waals surface area contributed by atoms with Crippen LogP contribution in [0.25, 0.3) is 0 Å². The molecule has 0 radical (unpaired) electrons. The van der Waals surface area contributed by atoms with Gasteiger partial charge in [-0.2, -0.15) is 0 Å². The van der Waals surface area contributed by atoms with Crippen molar-refractivity contribution in [2.45, 2.75) is 102 Å². The van der Waals surface area contributed by atoms with Gasteiger partial charge in [-0.05, 0) is 130 Å². The van der Waals surface area contributed by atoms with E-state index in [2.05, 4.69) is 18.4 Å². The van der Waals surface area contributed by atoms with E-state index in [9.17, 15) is 0 Å². The van der Waals surface area contributed by atoms with Crippen molar-refractivity contribution in [1.29, 1.82) is 0 Å². The van der Waals surface area contributed by atoms with Crippen molar-refractivity contribution in [3.05, 3.63) is 5.82 Å². The molecule has 0 atom stereocenters. The predicted octanol–water partition coefficient (Wildman–Crippen LogP) is 6.32. The van der Waals surface area contributed by atoms with Crippen LogP contribution in [0.5, 0.6) is 0 Å². The molecule has 8 fully saturated rings. The first kappa shape index (κ1) is 19.0. The Morgan fingerprint density at radius 2 is 1.30 bits per heavy atom. The van der Waals surface area contributed by atoms with E-state index in [1.54, 1.807) is 25.7 Å². The quantitative estimate of drug-likeness (QED) is 0.517. The molecule has 0 spiro atoms. The number of nitrogens with zero attached hydrogens (tertiary/aromatic N) is 3. The zero-order chi connectivity index (χ0) is 20.1. The second-order valence-corrected chi connectivity index (χ2v) is 13.6. The highest BCUT2D eigenvalue weighted by molar-refractivity contribution is 7.99. The van der Waals surface area contributed by atoms with Crippen LogP contribution in [-0.4, -0.2) is 20.5 Å². The number of thioether (sulfide) groups is 1. The summed E-state index contributed by atoms with van der Waals surface area (Å²) in [4.78, 5) is 0. The maximum Gasteiger partial charge on any atom is 0.191 e. The van der Waals surface area contributed by atoms with Crippen LogP contribution in [0.2, 0.25) is 0 Å². The van der Waals surface area contributed by atoms with Crippen LogP contribution in [0.15, 0.2) is 5.16 Å². The molecule has 8 aliphatic carbocycles. The molecular formula is C26H39N3S. The lowest BCUT2D eigenvalue weighted by Crippen LogP contribution is -2.68. The van der Waals surface area contributed by atoms with Crippen molar-refractivity contribution in [2.24, 2.45) is 46.8 Å². The molecule has 0 saturated heterocycles. The number of hydrogen-bond acceptors (Lipinski definition) is 3. The van der Waals surface area contributed by atoms with Gasteiger partial charge in [-0.1, -0.05) is 18.7 Å². The van der Waals surface area contributed by atoms with Crippen molar-refractivity contribution in [2.75, 3.05) is 5.75 Å². The van der Waals surface area contributed by atoms with Crippen LogP contribution in [0.4, 0.5) is 0 Å². The summed E-state index contributed by atoms with van der Waals surface area (Å²) in [7, 11) is 0. The van der Waals surface area contributed by atoms with Gasteiger partial charge in [0, 0.05) is 12.0 Å². The first-order valence-electron chi connectivity index (χ1n) is 13.2. The Bertz CT molecular complexity index is 778. The highest BCUT2D eigenvalue weighted by atomic mass is 32.2. The maximum absolute atomic E-state index is 5.17. The van der Waals surface area contributed by atoms with Crippen LogP contribution < -0.4 is 0 Å². The number of hydrogen-bond donors (Lipinski definition) is 0. The predicted molar refractivity (Wildman–Crippen MR) is 121 cm³/mol. The zero-order valence-corrected chi connectivity index (χ0v) is 19.8. The van der Waals surface area contributed by atoms with Crippen LogP contribution in [-0.2, 0) is 12.0 Å². The Labute approximate surface area is 186 Å². The third kappa shape index (κ3) is 2.30. The minimum atomic E-state index is 0.339. The largest absolute Gasteiger partial charge is 0.306 e. The summed E-state index contributed by atoms with van der Waals surface area (Å²) in [6, 6.07) is 0. The second-order valence-electron chi connectivity index (χ2n) is 12.4. The normalized spacial score (nSPS) is 50.5. The third-order valence-electron chi connectivity index (χ3n) is 11.0. The molecule has 3 nitrogen and oxygen atoms in total. The van der Waals surface area contributed by atoms with Gasteiger partial charge in [0.05, 0.1) is 0 Å². The van der Waals surface area contributed by atoms with Gasteiger partial charge in [0.15, 0.2) is 5.16 Å². The highest BCUT2D eigenvalue weighted by Gasteiger charge is 2.71. The topological polar surface area (TPSA) is 30.7 Å². The molecule has 9 rings (SSSR count). The summed E-state index contributed by atoms with van der Waals surface area (Å²) >= 11 is 1.91. The average Bonchev–Trinajstić information content (AvgIpc) is 3.09. The molecule has 0 aliphatic heterocycles. The molecule has 8 bridgehead atoms. The van der Waals surface area contributed by atoms with E-state index >= 15 is 0 Å². The standard InChI is InChI=1S/C26H39N3S/c1-3-29-23(27-28-24(29)30-4-2)26(21-9-16-5-17(11-21)12-22(26)10-16)25-13-18-6-19(14-25)8-20(7-18)15-25/h16-22H,3-15H2,1-2H3. The Hall–Kier alpha value is -0.510. The molecular weight excluding hydrogens is 386 g/mol. The fourth-order valence-corrected chi connectivity index (χ4v) is 11.9. The average molecular weight is 426 g/mol. The summed E-state index contributed by atoms with van der Waals surface area (Å²) in [5, 5.41) is 11.2. The van der Waals surface area contributed by atoms with E-state index in [0.717, 1.165) is 53.7 Å². The van der Waals surface area contributed by atoms with E-state index in [-0.39, 0.29) is 0 Å². The molecule has 30 heavy (non-hydrogen) atoms. The van der Waals surface area contributed by atoms with Gasteiger partial charge in [-0.25, -0.2) is 0 Å². The van der Waals surface area contributed by atoms with E-state index in [4.69, 9.17) is 10.2 Å². The van der Waals surface area contributed by atoms with Gasteiger partial charge in [0.25, 0.3) is 0 Å². The maximum atomic E-state index is 5.17. The summed E-state index contributed by atoms with van der Waals surface area (Å²) in [6.07, 6.45) is 16.8. The Balaban J connectivity index is 1.44. The molecule has 164 valence electrons. The van der Waals surface area contributed by atoms with Gasteiger partial charge in [-0.3, -0.25) is 0 Å². The van der Waals surface area contributed by atoms with Crippen molar-refractivity contribution in [1.82, 2.24) is 14.8 Å². The SMILES string of the molecule is CCSc1nnc(C2(C34CC5CC(CC(C5)C3)C4)C3CC4CC(C3)CC2C4)n1CC. The van der Waals surface area contributed by atoms with Gasteiger partial charge in [0.1, 0.15) is 5.82 Å². The molecule has 0 N–H and O–H groups in total. The first-order chi connectivity index (χ1) is 14.6. The fourth-order valence-electron chi connectivity index (χ4n) is 11.1. The molecule has 1 heterocycles. The summed E-state index contributed by atoms with van der Waals surface area (Å²) < 4.78 is 2.61. The van der Waals surface area contributed by atoms with Crippen molar-refractivity contribution in [3.8, 4) is 0 Å². The second kappa shape index (κ2) is 6.51. The molecule has 0 aromatic carbocycles. The van der Waals surface area contributed by atoms with Crippen LogP contribution >= 0.6 is 11.8 Å². The molecule has 4 heteroatoms. The van der Waals surface area contributed by atoms with Gasteiger partial charge >= 0.3 is 0 Å². The minimum absolute atomic E-state index is 0.339. The summed E-state index contributed by atoms with van der Waals surface area (Å²) in [5.41, 5.74) is 0.879. The summed E-state index contributed by atoms with van der Waals surface area (Å²) in [6.45, 7) is 5.65. The minimum Gasteiger partial charge on any atom is -0.306 e. The Morgan fingerprint density at radius 3 is 1.80 bits per heavy atom. The van der Waals surface area contributed by atoms with E-state index in [1.807, 2.05) is 11.8 Å². The van der Waals surface area contributed by atoms with E-state index in [0.29, 0.717) is 10.8 Å². The number of aromatic nitrogens is 3. The molecule has 8 saturated carbocycles. The molecule has 1 aromatic rings. The first-order valence-corrected chi connectivity index (χ1v) is 14.2. The highest BCUT2D eigenvalue weighted by Crippen LogP contribution is 2.75. The van der Waals surface area contributed by atoms with Gasteiger partial charge < -0.3 is 4.57 Å². The molecule has 8 aliphatic rings. The molecule has 0 unspecified atom stereocenters. The van der Waals surface area contributed by atoms with E-state index < -0.39 is 0 Å². The lowest BCUT2D eigenvalue weighted by atomic mass is 9.32. The van der Waals surface area contributed by atoms with Crippen molar-refractivity contribution < 1.29 is 0 Å². The fraction of sp³-hybridized carbons (Fsp3) is 0.923. The van der Waals surface area contributed by atoms with E-state index in [1.165, 1.54) is 55.9 Å². The van der Waals surface area contributed by atoms with Crippen LogP contribution in [0.1, 0.15) is 90.3 Å². The van der Waals surface area contributed by atoms with Crippen LogP contribution in [0, 0.1) is 46.8 Å². The lowest BCUT2D eigenvalue weighted by molar-refractivity contribution is -0.193. The third-order valence-corrected chi connectivity index (χ3v) is 11.9. The smallest absolute Gasteiger partial charge is 0.191 e. The summed E-state index contributed by atoms with van der Waals surface area (Å²) in [5.74, 6) is 9.46.